The number of rotatable bonds is 8. The van der Waals surface area contributed by atoms with Crippen LogP contribution in [0.1, 0.15) is 71.4 Å². The highest BCUT2D eigenvalue weighted by Crippen LogP contribution is 2.40. The van der Waals surface area contributed by atoms with Crippen LogP contribution in [0.2, 0.25) is 0 Å². The summed E-state index contributed by atoms with van der Waals surface area (Å²) in [5.41, 5.74) is 1.77. The molecule has 0 radical (unpaired) electrons. The van der Waals surface area contributed by atoms with Crippen molar-refractivity contribution in [2.45, 2.75) is 60.8 Å². The topological polar surface area (TPSA) is 136 Å². The molecule has 4 rings (SSSR count). The minimum atomic E-state index is -3.61. The van der Waals surface area contributed by atoms with Gasteiger partial charge in [-0.05, 0) is 41.3 Å². The number of carbonyl (C=O) groups excluding carboxylic acids is 2. The minimum Gasteiger partial charge on any atom is -0.492 e. The molecular weight excluding hydrogens is 592 g/mol. The molecule has 0 aliphatic heterocycles. The molecule has 4 aromatic rings. The maximum atomic E-state index is 13.2. The van der Waals surface area contributed by atoms with Crippen LogP contribution in [0.15, 0.2) is 66.9 Å². The lowest BCUT2D eigenvalue weighted by molar-refractivity contribution is 0.101. The lowest BCUT2D eigenvalue weighted by atomic mass is 9.86. The van der Waals surface area contributed by atoms with Gasteiger partial charge in [0.25, 0.3) is 0 Å². The van der Waals surface area contributed by atoms with Crippen LogP contribution in [0.25, 0.3) is 10.8 Å². The molecule has 0 aliphatic carbocycles. The van der Waals surface area contributed by atoms with Crippen molar-refractivity contribution in [1.29, 1.82) is 0 Å². The summed E-state index contributed by atoms with van der Waals surface area (Å²) in [7, 11) is -2.21. The highest BCUT2D eigenvalue weighted by atomic mass is 32.2. The zero-order valence-electron chi connectivity index (χ0n) is 27.7. The molecule has 0 bridgehead atoms. The molecule has 0 atom stereocenters. The number of sulfonamides is 1. The van der Waals surface area contributed by atoms with Gasteiger partial charge in [0.2, 0.25) is 10.0 Å². The van der Waals surface area contributed by atoms with E-state index in [2.05, 4.69) is 20.3 Å². The van der Waals surface area contributed by atoms with Crippen molar-refractivity contribution in [3.63, 3.8) is 0 Å². The highest BCUT2D eigenvalue weighted by Gasteiger charge is 2.22. The average Bonchev–Trinajstić information content (AvgIpc) is 2.99. The van der Waals surface area contributed by atoms with Crippen molar-refractivity contribution in [3.05, 3.63) is 78.1 Å². The number of aromatic nitrogens is 1. The molecule has 242 valence electrons. The van der Waals surface area contributed by atoms with Gasteiger partial charge in [-0.1, -0.05) is 72.7 Å². The number of benzene rings is 3. The van der Waals surface area contributed by atoms with E-state index in [9.17, 15) is 18.0 Å². The molecule has 2 amide bonds. The molecule has 1 aromatic heterocycles. The number of nitrogens with one attached hydrogen (secondary N) is 3. The number of anilines is 3. The minimum absolute atomic E-state index is 0.172. The maximum absolute atomic E-state index is 13.2. The highest BCUT2D eigenvalue weighted by molar-refractivity contribution is 7.92. The fourth-order valence-corrected chi connectivity index (χ4v) is 4.74. The van der Waals surface area contributed by atoms with Gasteiger partial charge in [0.1, 0.15) is 17.2 Å². The molecule has 11 heteroatoms. The van der Waals surface area contributed by atoms with Crippen molar-refractivity contribution >= 4 is 49.7 Å². The van der Waals surface area contributed by atoms with Gasteiger partial charge in [0, 0.05) is 30.0 Å². The summed E-state index contributed by atoms with van der Waals surface area (Å²) >= 11 is 0. The van der Waals surface area contributed by atoms with E-state index in [4.69, 9.17) is 9.47 Å². The first-order valence-corrected chi connectivity index (χ1v) is 16.6. The number of fused-ring (bicyclic) bond motifs is 1. The van der Waals surface area contributed by atoms with Gasteiger partial charge in [0.05, 0.1) is 30.4 Å². The second kappa shape index (κ2) is 15.9. The zero-order valence-corrected chi connectivity index (χ0v) is 28.5. The Morgan fingerprint density at radius 2 is 1.42 bits per heavy atom. The molecule has 0 saturated heterocycles. The Bertz CT molecular complexity index is 1750. The van der Waals surface area contributed by atoms with Crippen LogP contribution in [0, 0.1) is 0 Å². The fourth-order valence-electron chi connectivity index (χ4n) is 4.19. The van der Waals surface area contributed by atoms with E-state index in [0.29, 0.717) is 28.6 Å². The van der Waals surface area contributed by atoms with Crippen molar-refractivity contribution in [2.75, 3.05) is 28.7 Å². The SMILES string of the molecule is CC.CC.COc1c(NC(=O)Nc2ccc(Oc3ccnc(C(C)=O)c3)c3ccccc23)cc(C(C)(C)C)cc1NS(C)(=O)=O. The Morgan fingerprint density at radius 3 is 2.00 bits per heavy atom. The standard InChI is InChI=1S/C30H32N4O6S.2C2H6/c1-18(35)24-17-20(13-14-31-24)40-27-12-11-23(21-9-7-8-10-22(21)27)32-29(36)33-25-15-19(30(2,3)4)16-26(28(25)39-5)34-41(6,37)38;2*1-2/h7-17,34H,1-6H3,(H2,32,33,36);2*1-2H3. The van der Waals surface area contributed by atoms with Crippen LogP contribution < -0.4 is 24.8 Å². The normalized spacial score (nSPS) is 10.8. The van der Waals surface area contributed by atoms with Crippen LogP contribution in [-0.4, -0.2) is 38.6 Å². The Kier molecular flexibility index (Phi) is 12.9. The molecule has 0 saturated carbocycles. The van der Waals surface area contributed by atoms with Crippen LogP contribution in [0.4, 0.5) is 21.9 Å². The molecule has 0 unspecified atom stereocenters. The summed E-state index contributed by atoms with van der Waals surface area (Å²) in [6.07, 6.45) is 2.56. The van der Waals surface area contributed by atoms with E-state index in [1.54, 1.807) is 36.4 Å². The molecular formula is C34H44N4O6S. The Labute approximate surface area is 266 Å². The van der Waals surface area contributed by atoms with Crippen molar-refractivity contribution in [2.24, 2.45) is 0 Å². The molecule has 10 nitrogen and oxygen atoms in total. The predicted molar refractivity (Wildman–Crippen MR) is 184 cm³/mol. The summed E-state index contributed by atoms with van der Waals surface area (Å²) in [6, 6.07) is 17.0. The summed E-state index contributed by atoms with van der Waals surface area (Å²) in [5, 5.41) is 7.13. The third kappa shape index (κ3) is 9.94. The smallest absolute Gasteiger partial charge is 0.323 e. The van der Waals surface area contributed by atoms with Gasteiger partial charge in [-0.2, -0.15) is 0 Å². The number of hydrogen-bond acceptors (Lipinski definition) is 7. The third-order valence-corrected chi connectivity index (χ3v) is 6.75. The number of hydrogen-bond donors (Lipinski definition) is 3. The Morgan fingerprint density at radius 1 is 0.822 bits per heavy atom. The summed E-state index contributed by atoms with van der Waals surface area (Å²) in [4.78, 5) is 29.0. The van der Waals surface area contributed by atoms with Gasteiger partial charge >= 0.3 is 6.03 Å². The third-order valence-electron chi connectivity index (χ3n) is 6.15. The lowest BCUT2D eigenvalue weighted by Crippen LogP contribution is -2.22. The zero-order chi connectivity index (χ0) is 33.9. The number of pyridine rings is 1. The lowest BCUT2D eigenvalue weighted by Gasteiger charge is -2.24. The number of carbonyl (C=O) groups is 2. The first kappa shape index (κ1) is 36.6. The number of Topliss-reactive ketones (excluding diaryl/α,β-unsaturated/α-hetero) is 1. The number of methoxy groups -OCH3 is 1. The molecule has 3 aromatic carbocycles. The van der Waals surface area contributed by atoms with Gasteiger partial charge < -0.3 is 20.1 Å². The van der Waals surface area contributed by atoms with Crippen LogP contribution >= 0.6 is 0 Å². The van der Waals surface area contributed by atoms with Crippen molar-refractivity contribution < 1.29 is 27.5 Å². The number of amides is 2. The van der Waals surface area contributed by atoms with Gasteiger partial charge in [-0.3, -0.25) is 14.5 Å². The summed E-state index contributed by atoms with van der Waals surface area (Å²) in [5.74, 6) is 0.991. The van der Waals surface area contributed by atoms with Gasteiger partial charge in [-0.15, -0.1) is 0 Å². The van der Waals surface area contributed by atoms with E-state index in [-0.39, 0.29) is 22.6 Å². The van der Waals surface area contributed by atoms with E-state index >= 15 is 0 Å². The number of urea groups is 1. The molecule has 3 N–H and O–H groups in total. The fraction of sp³-hybridized carbons (Fsp3) is 0.324. The average molecular weight is 637 g/mol. The van der Waals surface area contributed by atoms with Crippen LogP contribution in [0.3, 0.4) is 0 Å². The largest absolute Gasteiger partial charge is 0.492 e. The first-order valence-electron chi connectivity index (χ1n) is 14.7. The van der Waals surface area contributed by atoms with Crippen molar-refractivity contribution in [3.8, 4) is 17.2 Å². The number of nitrogens with zero attached hydrogens (tertiary/aromatic N) is 1. The quantitative estimate of drug-likeness (QED) is 0.165. The second-order valence-electron chi connectivity index (χ2n) is 10.5. The number of ether oxygens (including phenoxy) is 2. The number of ketones is 1. The second-order valence-corrected chi connectivity index (χ2v) is 12.2. The summed E-state index contributed by atoms with van der Waals surface area (Å²) in [6.45, 7) is 15.4. The molecule has 0 fully saturated rings. The molecule has 0 aliphatic rings. The van der Waals surface area contributed by atoms with Gasteiger partial charge in [-0.25, -0.2) is 13.2 Å². The van der Waals surface area contributed by atoms with E-state index in [1.807, 2.05) is 72.7 Å². The van der Waals surface area contributed by atoms with E-state index in [0.717, 1.165) is 22.6 Å². The Hall–Kier alpha value is -4.64. The molecule has 45 heavy (non-hydrogen) atoms. The van der Waals surface area contributed by atoms with Crippen LogP contribution in [-0.2, 0) is 15.4 Å². The molecule has 0 spiro atoms. The first-order chi connectivity index (χ1) is 21.2. The summed E-state index contributed by atoms with van der Waals surface area (Å²) < 4.78 is 38.1. The van der Waals surface area contributed by atoms with Crippen molar-refractivity contribution in [1.82, 2.24) is 4.98 Å². The Balaban J connectivity index is 0.00000169. The maximum Gasteiger partial charge on any atom is 0.323 e. The van der Waals surface area contributed by atoms with Crippen LogP contribution in [0.5, 0.6) is 17.2 Å². The van der Waals surface area contributed by atoms with Gasteiger partial charge in [0.15, 0.2) is 11.5 Å². The molecule has 1 heterocycles. The predicted octanol–water partition coefficient (Wildman–Crippen LogP) is 8.60. The monoisotopic (exact) mass is 636 g/mol. The van der Waals surface area contributed by atoms with E-state index in [1.165, 1.54) is 20.2 Å². The van der Waals surface area contributed by atoms with E-state index < -0.39 is 16.1 Å².